The smallest absolute Gasteiger partial charge is 0.243 e. The molecule has 0 radical (unpaired) electrons. The SMILES string of the molecule is CC(=O)c1ccc(S(=O)(=O)N2CCC(n3nccn3)CC2)cc1. The summed E-state index contributed by atoms with van der Waals surface area (Å²) in [6.07, 6.45) is 4.61. The molecule has 0 N–H and O–H groups in total. The van der Waals surface area contributed by atoms with E-state index in [-0.39, 0.29) is 16.7 Å². The van der Waals surface area contributed by atoms with E-state index < -0.39 is 10.0 Å². The van der Waals surface area contributed by atoms with Crippen molar-refractivity contribution in [3.05, 3.63) is 42.2 Å². The lowest BCUT2D eigenvalue weighted by Gasteiger charge is -2.30. The summed E-state index contributed by atoms with van der Waals surface area (Å²) in [5, 5.41) is 8.23. The lowest BCUT2D eigenvalue weighted by Crippen LogP contribution is -2.39. The van der Waals surface area contributed by atoms with Crippen molar-refractivity contribution in [2.45, 2.75) is 30.7 Å². The topological polar surface area (TPSA) is 85.2 Å². The predicted octanol–water partition coefficient (Wildman–Crippen LogP) is 1.51. The summed E-state index contributed by atoms with van der Waals surface area (Å²) >= 11 is 0. The second kappa shape index (κ2) is 6.21. The van der Waals surface area contributed by atoms with Crippen LogP contribution in [-0.4, -0.2) is 46.6 Å². The third kappa shape index (κ3) is 3.18. The molecule has 122 valence electrons. The van der Waals surface area contributed by atoms with Gasteiger partial charge in [0, 0.05) is 18.7 Å². The third-order valence-electron chi connectivity index (χ3n) is 4.09. The minimum atomic E-state index is -3.52. The van der Waals surface area contributed by atoms with Crippen LogP contribution in [0.15, 0.2) is 41.6 Å². The number of hydrogen-bond acceptors (Lipinski definition) is 5. The Labute approximate surface area is 135 Å². The van der Waals surface area contributed by atoms with Gasteiger partial charge in [0.2, 0.25) is 10.0 Å². The van der Waals surface area contributed by atoms with Crippen molar-refractivity contribution < 1.29 is 13.2 Å². The molecule has 1 fully saturated rings. The molecule has 1 aromatic carbocycles. The van der Waals surface area contributed by atoms with Crippen LogP contribution in [0.5, 0.6) is 0 Å². The second-order valence-electron chi connectivity index (χ2n) is 5.57. The first-order valence-corrected chi connectivity index (χ1v) is 8.89. The van der Waals surface area contributed by atoms with Crippen molar-refractivity contribution in [1.82, 2.24) is 19.3 Å². The van der Waals surface area contributed by atoms with Crippen LogP contribution in [0.4, 0.5) is 0 Å². The van der Waals surface area contributed by atoms with Crippen LogP contribution in [0.3, 0.4) is 0 Å². The number of sulfonamides is 1. The number of carbonyl (C=O) groups excluding carboxylic acids is 1. The molecule has 0 amide bonds. The Balaban J connectivity index is 1.72. The predicted molar refractivity (Wildman–Crippen MR) is 83.5 cm³/mol. The summed E-state index contributed by atoms with van der Waals surface area (Å²) in [6.45, 7) is 2.32. The van der Waals surface area contributed by atoms with Gasteiger partial charge in [-0.15, -0.1) is 0 Å². The monoisotopic (exact) mass is 334 g/mol. The zero-order valence-corrected chi connectivity index (χ0v) is 13.6. The van der Waals surface area contributed by atoms with Gasteiger partial charge in [0.25, 0.3) is 0 Å². The molecule has 0 saturated carbocycles. The summed E-state index contributed by atoms with van der Waals surface area (Å²) in [7, 11) is -3.52. The van der Waals surface area contributed by atoms with E-state index in [0.29, 0.717) is 31.5 Å². The van der Waals surface area contributed by atoms with E-state index in [2.05, 4.69) is 10.2 Å². The minimum absolute atomic E-state index is 0.0820. The number of aromatic nitrogens is 3. The van der Waals surface area contributed by atoms with E-state index in [9.17, 15) is 13.2 Å². The van der Waals surface area contributed by atoms with Crippen molar-refractivity contribution in [1.29, 1.82) is 0 Å². The number of nitrogens with zero attached hydrogens (tertiary/aromatic N) is 4. The molecule has 3 rings (SSSR count). The van der Waals surface area contributed by atoms with Gasteiger partial charge in [-0.25, -0.2) is 8.42 Å². The summed E-state index contributed by atoms with van der Waals surface area (Å²) < 4.78 is 26.8. The van der Waals surface area contributed by atoms with Gasteiger partial charge in [-0.3, -0.25) is 4.79 Å². The fourth-order valence-electron chi connectivity index (χ4n) is 2.74. The lowest BCUT2D eigenvalue weighted by atomic mass is 10.1. The van der Waals surface area contributed by atoms with Crippen molar-refractivity contribution in [3.8, 4) is 0 Å². The molecule has 1 aromatic heterocycles. The lowest BCUT2D eigenvalue weighted by molar-refractivity contribution is 0.101. The van der Waals surface area contributed by atoms with E-state index in [1.807, 2.05) is 0 Å². The van der Waals surface area contributed by atoms with Crippen LogP contribution in [0.25, 0.3) is 0 Å². The Morgan fingerprint density at radius 1 is 1.09 bits per heavy atom. The molecule has 1 saturated heterocycles. The van der Waals surface area contributed by atoms with Gasteiger partial charge in [0.1, 0.15) is 0 Å². The van der Waals surface area contributed by atoms with E-state index >= 15 is 0 Å². The number of benzene rings is 1. The van der Waals surface area contributed by atoms with Crippen molar-refractivity contribution in [2.24, 2.45) is 0 Å². The first kappa shape index (κ1) is 15.8. The van der Waals surface area contributed by atoms with Gasteiger partial charge in [0.05, 0.1) is 23.3 Å². The molecule has 0 bridgehead atoms. The summed E-state index contributed by atoms with van der Waals surface area (Å²) in [6, 6.07) is 6.22. The maximum Gasteiger partial charge on any atom is 0.243 e. The van der Waals surface area contributed by atoms with Gasteiger partial charge >= 0.3 is 0 Å². The largest absolute Gasteiger partial charge is 0.295 e. The Kier molecular flexibility index (Phi) is 4.27. The molecule has 0 aliphatic carbocycles. The highest BCUT2D eigenvalue weighted by molar-refractivity contribution is 7.89. The Hall–Kier alpha value is -2.06. The van der Waals surface area contributed by atoms with E-state index in [0.717, 1.165) is 0 Å². The quantitative estimate of drug-likeness (QED) is 0.791. The number of rotatable bonds is 4. The third-order valence-corrected chi connectivity index (χ3v) is 6.00. The van der Waals surface area contributed by atoms with Crippen molar-refractivity contribution in [2.75, 3.05) is 13.1 Å². The maximum atomic E-state index is 12.7. The summed E-state index contributed by atoms with van der Waals surface area (Å²) in [5.74, 6) is -0.0820. The standard InChI is InChI=1S/C15H18N4O3S/c1-12(20)13-2-4-15(5-3-13)23(21,22)18-10-6-14(7-11-18)19-16-8-9-17-19/h2-5,8-9,14H,6-7,10-11H2,1H3. The number of Topliss-reactive ketones (excluding diaryl/α,β-unsaturated/α-hetero) is 1. The summed E-state index contributed by atoms with van der Waals surface area (Å²) in [4.78, 5) is 13.1. The Morgan fingerprint density at radius 3 is 2.17 bits per heavy atom. The van der Waals surface area contributed by atoms with Gasteiger partial charge in [-0.2, -0.15) is 19.3 Å². The van der Waals surface area contributed by atoms with Gasteiger partial charge < -0.3 is 0 Å². The van der Waals surface area contributed by atoms with Crippen LogP contribution < -0.4 is 0 Å². The molecule has 2 aromatic rings. The summed E-state index contributed by atoms with van der Waals surface area (Å²) in [5.41, 5.74) is 0.507. The van der Waals surface area contributed by atoms with Gasteiger partial charge in [-0.1, -0.05) is 12.1 Å². The average molecular weight is 334 g/mol. The molecule has 0 spiro atoms. The molecule has 0 atom stereocenters. The van der Waals surface area contributed by atoms with Crippen LogP contribution in [0, 0.1) is 0 Å². The van der Waals surface area contributed by atoms with Crippen LogP contribution >= 0.6 is 0 Å². The van der Waals surface area contributed by atoms with Crippen LogP contribution in [0.2, 0.25) is 0 Å². The fraction of sp³-hybridized carbons (Fsp3) is 0.400. The van der Waals surface area contributed by atoms with Gasteiger partial charge in [0.15, 0.2) is 5.78 Å². The molecule has 23 heavy (non-hydrogen) atoms. The normalized spacial score (nSPS) is 17.3. The number of piperidine rings is 1. The van der Waals surface area contributed by atoms with Crippen LogP contribution in [0.1, 0.15) is 36.2 Å². The number of ketones is 1. The first-order chi connectivity index (χ1) is 11.0. The van der Waals surface area contributed by atoms with Crippen LogP contribution in [-0.2, 0) is 10.0 Å². The molecule has 7 nitrogen and oxygen atoms in total. The molecular formula is C15H18N4O3S. The molecule has 2 heterocycles. The fourth-order valence-corrected chi connectivity index (χ4v) is 4.21. The second-order valence-corrected chi connectivity index (χ2v) is 7.50. The maximum absolute atomic E-state index is 12.7. The minimum Gasteiger partial charge on any atom is -0.295 e. The highest BCUT2D eigenvalue weighted by Crippen LogP contribution is 2.26. The Morgan fingerprint density at radius 2 is 1.65 bits per heavy atom. The molecular weight excluding hydrogens is 316 g/mol. The molecule has 8 heteroatoms. The highest BCUT2D eigenvalue weighted by Gasteiger charge is 2.30. The number of carbonyl (C=O) groups is 1. The Bertz CT molecular complexity index is 777. The molecule has 1 aliphatic rings. The number of hydrogen-bond donors (Lipinski definition) is 0. The zero-order valence-electron chi connectivity index (χ0n) is 12.8. The van der Waals surface area contributed by atoms with E-state index in [1.54, 1.807) is 29.3 Å². The zero-order chi connectivity index (χ0) is 16.4. The molecule has 0 unspecified atom stereocenters. The van der Waals surface area contributed by atoms with Gasteiger partial charge in [-0.05, 0) is 31.9 Å². The average Bonchev–Trinajstić information content (AvgIpc) is 3.09. The van der Waals surface area contributed by atoms with E-state index in [4.69, 9.17) is 0 Å². The van der Waals surface area contributed by atoms with Crippen molar-refractivity contribution >= 4 is 15.8 Å². The van der Waals surface area contributed by atoms with E-state index in [1.165, 1.54) is 23.4 Å². The molecule has 1 aliphatic heterocycles. The van der Waals surface area contributed by atoms with Crippen molar-refractivity contribution in [3.63, 3.8) is 0 Å². The first-order valence-electron chi connectivity index (χ1n) is 7.45. The highest BCUT2D eigenvalue weighted by atomic mass is 32.2.